The fourth-order valence-electron chi connectivity index (χ4n) is 3.65. The Labute approximate surface area is 165 Å². The van der Waals surface area contributed by atoms with Crippen molar-refractivity contribution < 1.29 is 9.21 Å². The summed E-state index contributed by atoms with van der Waals surface area (Å²) in [7, 11) is 2.17. The summed E-state index contributed by atoms with van der Waals surface area (Å²) >= 11 is 0. The zero-order valence-electron chi connectivity index (χ0n) is 16.6. The molecule has 0 bridgehead atoms. The van der Waals surface area contributed by atoms with Crippen LogP contribution in [0.25, 0.3) is 11.0 Å². The lowest BCUT2D eigenvalue weighted by Crippen LogP contribution is -2.43. The smallest absolute Gasteiger partial charge is 0.287 e. The third-order valence-corrected chi connectivity index (χ3v) is 5.34. The van der Waals surface area contributed by atoms with Gasteiger partial charge in [-0.1, -0.05) is 35.9 Å². The van der Waals surface area contributed by atoms with Gasteiger partial charge in [0.25, 0.3) is 5.91 Å². The van der Waals surface area contributed by atoms with Crippen LogP contribution in [0.15, 0.2) is 52.9 Å². The second kappa shape index (κ2) is 8.17. The van der Waals surface area contributed by atoms with Gasteiger partial charge in [-0.25, -0.2) is 0 Å². The Morgan fingerprint density at radius 3 is 2.64 bits per heavy atom. The van der Waals surface area contributed by atoms with E-state index in [-0.39, 0.29) is 5.91 Å². The monoisotopic (exact) mass is 377 g/mol. The first-order valence-corrected chi connectivity index (χ1v) is 9.84. The Kier molecular flexibility index (Phi) is 5.46. The second-order valence-corrected chi connectivity index (χ2v) is 7.73. The molecule has 5 nitrogen and oxygen atoms in total. The van der Waals surface area contributed by atoms with Gasteiger partial charge in [0.15, 0.2) is 5.76 Å². The maximum atomic E-state index is 12.5. The van der Waals surface area contributed by atoms with Gasteiger partial charge < -0.3 is 14.6 Å². The van der Waals surface area contributed by atoms with Gasteiger partial charge in [0, 0.05) is 44.7 Å². The molecule has 5 heteroatoms. The molecule has 1 aliphatic rings. The van der Waals surface area contributed by atoms with Gasteiger partial charge in [-0.05, 0) is 43.3 Å². The van der Waals surface area contributed by atoms with Crippen molar-refractivity contribution in [2.45, 2.75) is 20.0 Å². The van der Waals surface area contributed by atoms with Crippen LogP contribution in [0.5, 0.6) is 0 Å². The van der Waals surface area contributed by atoms with E-state index in [0.717, 1.165) is 54.8 Å². The number of fused-ring (bicyclic) bond motifs is 1. The average molecular weight is 377 g/mol. The van der Waals surface area contributed by atoms with Gasteiger partial charge in [0.2, 0.25) is 0 Å². The van der Waals surface area contributed by atoms with Crippen LogP contribution in [-0.4, -0.2) is 48.9 Å². The summed E-state index contributed by atoms with van der Waals surface area (Å²) in [6, 6.07) is 16.2. The third-order valence-electron chi connectivity index (χ3n) is 5.34. The van der Waals surface area contributed by atoms with Crippen molar-refractivity contribution in [3.05, 3.63) is 71.0 Å². The van der Waals surface area contributed by atoms with Crippen molar-refractivity contribution >= 4 is 16.9 Å². The quantitative estimate of drug-likeness (QED) is 0.740. The van der Waals surface area contributed by atoms with Gasteiger partial charge in [0.05, 0.1) is 0 Å². The van der Waals surface area contributed by atoms with Crippen LogP contribution in [0, 0.1) is 6.92 Å². The molecule has 28 heavy (non-hydrogen) atoms. The predicted octanol–water partition coefficient (Wildman–Crippen LogP) is 3.42. The molecular formula is C23H27N3O2. The van der Waals surface area contributed by atoms with E-state index in [9.17, 15) is 4.79 Å². The SMILES string of the molecule is Cc1ccc2oc(C(=O)NCc3cccc(CN4CCN(C)CC4)c3)cc2c1. The summed E-state index contributed by atoms with van der Waals surface area (Å²) < 4.78 is 5.68. The molecular weight excluding hydrogens is 350 g/mol. The minimum atomic E-state index is -0.182. The van der Waals surface area contributed by atoms with Crippen LogP contribution < -0.4 is 5.32 Å². The van der Waals surface area contributed by atoms with Crippen molar-refractivity contribution in [3.63, 3.8) is 0 Å². The summed E-state index contributed by atoms with van der Waals surface area (Å²) in [6.07, 6.45) is 0. The maximum absolute atomic E-state index is 12.5. The first kappa shape index (κ1) is 18.7. The fraction of sp³-hybridized carbons (Fsp3) is 0.348. The highest BCUT2D eigenvalue weighted by molar-refractivity contribution is 5.96. The molecule has 1 aromatic heterocycles. The van der Waals surface area contributed by atoms with Crippen LogP contribution in [0.3, 0.4) is 0 Å². The highest BCUT2D eigenvalue weighted by Crippen LogP contribution is 2.20. The van der Waals surface area contributed by atoms with Gasteiger partial charge in [-0.15, -0.1) is 0 Å². The van der Waals surface area contributed by atoms with E-state index in [1.807, 2.05) is 31.2 Å². The Morgan fingerprint density at radius 1 is 1.04 bits per heavy atom. The predicted molar refractivity (Wildman–Crippen MR) is 111 cm³/mol. The lowest BCUT2D eigenvalue weighted by molar-refractivity contribution is 0.0925. The molecule has 1 saturated heterocycles. The van der Waals surface area contributed by atoms with Crippen LogP contribution in [0.4, 0.5) is 0 Å². The largest absolute Gasteiger partial charge is 0.451 e. The van der Waals surface area contributed by atoms with E-state index in [4.69, 9.17) is 4.42 Å². The molecule has 1 amide bonds. The standard InChI is InChI=1S/C23H27N3O2/c1-17-6-7-21-20(12-17)14-22(28-21)23(27)24-15-18-4-3-5-19(13-18)16-26-10-8-25(2)9-11-26/h3-7,12-14H,8-11,15-16H2,1-2H3,(H,24,27). The number of hydrogen-bond donors (Lipinski definition) is 1. The molecule has 146 valence electrons. The third kappa shape index (κ3) is 4.43. The average Bonchev–Trinajstić information content (AvgIpc) is 3.11. The van der Waals surface area contributed by atoms with E-state index < -0.39 is 0 Å². The number of piperazine rings is 1. The maximum Gasteiger partial charge on any atom is 0.287 e. The molecule has 0 spiro atoms. The number of carbonyl (C=O) groups excluding carboxylic acids is 1. The summed E-state index contributed by atoms with van der Waals surface area (Å²) in [5, 5.41) is 3.93. The summed E-state index contributed by atoms with van der Waals surface area (Å²) in [5.74, 6) is 0.174. The molecule has 3 aromatic rings. The van der Waals surface area contributed by atoms with E-state index in [1.165, 1.54) is 5.56 Å². The fourth-order valence-corrected chi connectivity index (χ4v) is 3.65. The number of hydrogen-bond acceptors (Lipinski definition) is 4. The van der Waals surface area contributed by atoms with Gasteiger partial charge in [-0.2, -0.15) is 0 Å². The number of nitrogens with zero attached hydrogens (tertiary/aromatic N) is 2. The van der Waals surface area contributed by atoms with Crippen LogP contribution in [0.1, 0.15) is 27.2 Å². The van der Waals surface area contributed by atoms with E-state index in [1.54, 1.807) is 0 Å². The number of amides is 1. The summed E-state index contributed by atoms with van der Waals surface area (Å²) in [5.41, 5.74) is 4.28. The topological polar surface area (TPSA) is 48.7 Å². The first-order chi connectivity index (χ1) is 13.6. The highest BCUT2D eigenvalue weighted by Gasteiger charge is 2.15. The summed E-state index contributed by atoms with van der Waals surface area (Å²) in [6.45, 7) is 7.91. The minimum Gasteiger partial charge on any atom is -0.451 e. The Bertz CT molecular complexity index is 971. The van der Waals surface area contributed by atoms with Crippen LogP contribution in [-0.2, 0) is 13.1 Å². The zero-order valence-corrected chi connectivity index (χ0v) is 16.6. The summed E-state index contributed by atoms with van der Waals surface area (Å²) in [4.78, 5) is 17.3. The van der Waals surface area contributed by atoms with Gasteiger partial charge in [0.1, 0.15) is 5.58 Å². The molecule has 1 aliphatic heterocycles. The number of aryl methyl sites for hydroxylation is 1. The molecule has 1 fully saturated rings. The van der Waals surface area contributed by atoms with Crippen molar-refractivity contribution in [3.8, 4) is 0 Å². The molecule has 0 unspecified atom stereocenters. The van der Waals surface area contributed by atoms with Crippen LogP contribution in [0.2, 0.25) is 0 Å². The van der Waals surface area contributed by atoms with Crippen molar-refractivity contribution in [2.24, 2.45) is 0 Å². The Morgan fingerprint density at radius 2 is 1.82 bits per heavy atom. The Balaban J connectivity index is 1.36. The van der Waals surface area contributed by atoms with Crippen molar-refractivity contribution in [1.29, 1.82) is 0 Å². The van der Waals surface area contributed by atoms with Crippen molar-refractivity contribution in [2.75, 3.05) is 33.2 Å². The molecule has 0 radical (unpaired) electrons. The molecule has 4 rings (SSSR count). The number of benzene rings is 2. The van der Waals surface area contributed by atoms with Gasteiger partial charge >= 0.3 is 0 Å². The highest BCUT2D eigenvalue weighted by atomic mass is 16.3. The lowest BCUT2D eigenvalue weighted by atomic mass is 10.1. The van der Waals surface area contributed by atoms with E-state index in [2.05, 4.69) is 46.4 Å². The zero-order chi connectivity index (χ0) is 19.5. The molecule has 0 saturated carbocycles. The van der Waals surface area contributed by atoms with Crippen molar-refractivity contribution in [1.82, 2.24) is 15.1 Å². The molecule has 2 aromatic carbocycles. The Hall–Kier alpha value is -2.63. The molecule has 2 heterocycles. The van der Waals surface area contributed by atoms with E-state index in [0.29, 0.717) is 12.3 Å². The second-order valence-electron chi connectivity index (χ2n) is 7.73. The normalized spacial score (nSPS) is 15.8. The number of furan rings is 1. The molecule has 1 N–H and O–H groups in total. The first-order valence-electron chi connectivity index (χ1n) is 9.84. The van der Waals surface area contributed by atoms with E-state index >= 15 is 0 Å². The molecule has 0 aliphatic carbocycles. The lowest BCUT2D eigenvalue weighted by Gasteiger charge is -2.32. The molecule has 0 atom stereocenters. The number of carbonyl (C=O) groups is 1. The van der Waals surface area contributed by atoms with Gasteiger partial charge in [-0.3, -0.25) is 9.69 Å². The minimum absolute atomic E-state index is 0.182. The van der Waals surface area contributed by atoms with Crippen LogP contribution >= 0.6 is 0 Å². The number of likely N-dealkylation sites (N-methyl/N-ethyl adjacent to an activating group) is 1. The number of rotatable bonds is 5. The number of nitrogens with one attached hydrogen (secondary N) is 1.